The second-order valence-corrected chi connectivity index (χ2v) is 5.62. The smallest absolute Gasteiger partial charge is 0.227 e. The van der Waals surface area contributed by atoms with Gasteiger partial charge >= 0.3 is 0 Å². The van der Waals surface area contributed by atoms with E-state index >= 15 is 0 Å². The van der Waals surface area contributed by atoms with E-state index in [9.17, 15) is 4.79 Å². The number of rotatable bonds is 5. The van der Waals surface area contributed by atoms with Crippen molar-refractivity contribution >= 4 is 17.3 Å². The van der Waals surface area contributed by atoms with Gasteiger partial charge in [-0.1, -0.05) is 30.3 Å². The van der Waals surface area contributed by atoms with Crippen LogP contribution < -0.4 is 10.6 Å². The van der Waals surface area contributed by atoms with E-state index in [0.29, 0.717) is 0 Å². The van der Waals surface area contributed by atoms with Crippen molar-refractivity contribution in [2.45, 2.75) is 25.8 Å². The first-order valence-electron chi connectivity index (χ1n) is 7.45. The Kier molecular flexibility index (Phi) is 3.91. The Morgan fingerprint density at radius 2 is 1.62 bits per heavy atom. The molecule has 21 heavy (non-hydrogen) atoms. The Morgan fingerprint density at radius 3 is 2.24 bits per heavy atom. The predicted molar refractivity (Wildman–Crippen MR) is 86.3 cm³/mol. The van der Waals surface area contributed by atoms with Crippen LogP contribution in [0.25, 0.3) is 0 Å². The lowest BCUT2D eigenvalue weighted by Crippen LogP contribution is -2.13. The van der Waals surface area contributed by atoms with E-state index < -0.39 is 0 Å². The number of hydrogen-bond donors (Lipinski definition) is 2. The maximum atomic E-state index is 11.7. The molecule has 0 bridgehead atoms. The molecule has 1 atom stereocenters. The molecule has 1 saturated carbocycles. The van der Waals surface area contributed by atoms with Crippen LogP contribution in [0.3, 0.4) is 0 Å². The fraction of sp³-hybridized carbons (Fsp3) is 0.278. The minimum atomic E-state index is 0.147. The minimum Gasteiger partial charge on any atom is -0.379 e. The lowest BCUT2D eigenvalue weighted by atomic mass is 10.1. The van der Waals surface area contributed by atoms with Crippen molar-refractivity contribution in [3.05, 3.63) is 60.2 Å². The van der Waals surface area contributed by atoms with Crippen molar-refractivity contribution in [3.63, 3.8) is 0 Å². The van der Waals surface area contributed by atoms with Gasteiger partial charge in [-0.3, -0.25) is 4.79 Å². The largest absolute Gasteiger partial charge is 0.379 e. The van der Waals surface area contributed by atoms with Gasteiger partial charge in [-0.25, -0.2) is 0 Å². The molecule has 3 rings (SSSR count). The molecule has 108 valence electrons. The van der Waals surface area contributed by atoms with Gasteiger partial charge in [0.15, 0.2) is 0 Å². The Bertz CT molecular complexity index is 603. The summed E-state index contributed by atoms with van der Waals surface area (Å²) in [7, 11) is 0. The number of hydrogen-bond acceptors (Lipinski definition) is 2. The second-order valence-electron chi connectivity index (χ2n) is 5.62. The molecule has 1 aliphatic rings. The van der Waals surface area contributed by atoms with Crippen LogP contribution in [0.5, 0.6) is 0 Å². The summed E-state index contributed by atoms with van der Waals surface area (Å²) in [5.41, 5.74) is 3.17. The molecular formula is C18H20N2O. The molecule has 3 heteroatoms. The first kappa shape index (κ1) is 13.7. The number of amides is 1. The molecule has 3 nitrogen and oxygen atoms in total. The van der Waals surface area contributed by atoms with E-state index in [1.165, 1.54) is 5.56 Å². The lowest BCUT2D eigenvalue weighted by molar-refractivity contribution is -0.117. The standard InChI is InChI=1S/C18H20N2O/c1-13(14-5-3-2-4-6-14)19-16-9-11-17(12-10-16)20-18(21)15-7-8-15/h2-6,9-13,15,19H,7-8H2,1H3,(H,20,21). The van der Waals surface area contributed by atoms with E-state index in [1.54, 1.807) is 0 Å². The number of nitrogens with one attached hydrogen (secondary N) is 2. The highest BCUT2D eigenvalue weighted by molar-refractivity contribution is 5.94. The van der Waals surface area contributed by atoms with Crippen molar-refractivity contribution in [1.29, 1.82) is 0 Å². The topological polar surface area (TPSA) is 41.1 Å². The van der Waals surface area contributed by atoms with Crippen molar-refractivity contribution in [1.82, 2.24) is 0 Å². The Hall–Kier alpha value is -2.29. The lowest BCUT2D eigenvalue weighted by Gasteiger charge is -2.16. The first-order valence-corrected chi connectivity index (χ1v) is 7.45. The molecule has 2 aromatic carbocycles. The van der Waals surface area contributed by atoms with E-state index in [-0.39, 0.29) is 17.9 Å². The SMILES string of the molecule is CC(Nc1ccc(NC(=O)C2CC2)cc1)c1ccccc1. The highest BCUT2D eigenvalue weighted by atomic mass is 16.2. The van der Waals surface area contributed by atoms with Crippen molar-refractivity contribution < 1.29 is 4.79 Å². The number of benzene rings is 2. The quantitative estimate of drug-likeness (QED) is 0.861. The third-order valence-corrected chi connectivity index (χ3v) is 3.78. The number of anilines is 2. The number of carbonyl (C=O) groups is 1. The van der Waals surface area contributed by atoms with Crippen LogP contribution in [0.1, 0.15) is 31.4 Å². The van der Waals surface area contributed by atoms with E-state index in [4.69, 9.17) is 0 Å². The molecule has 1 amide bonds. The molecule has 0 heterocycles. The first-order chi connectivity index (χ1) is 10.2. The van der Waals surface area contributed by atoms with Crippen LogP contribution in [-0.4, -0.2) is 5.91 Å². The van der Waals surface area contributed by atoms with Gasteiger partial charge in [0.25, 0.3) is 0 Å². The van der Waals surface area contributed by atoms with Crippen molar-refractivity contribution in [3.8, 4) is 0 Å². The van der Waals surface area contributed by atoms with Crippen LogP contribution >= 0.6 is 0 Å². The fourth-order valence-electron chi connectivity index (χ4n) is 2.31. The van der Waals surface area contributed by atoms with Crippen molar-refractivity contribution in [2.24, 2.45) is 5.92 Å². The van der Waals surface area contributed by atoms with Gasteiger partial charge in [0, 0.05) is 23.3 Å². The van der Waals surface area contributed by atoms with Crippen LogP contribution in [0, 0.1) is 5.92 Å². The van der Waals surface area contributed by atoms with Gasteiger partial charge in [0.1, 0.15) is 0 Å². The van der Waals surface area contributed by atoms with E-state index in [0.717, 1.165) is 24.2 Å². The summed E-state index contributed by atoms with van der Waals surface area (Å²) < 4.78 is 0. The van der Waals surface area contributed by atoms with E-state index in [1.807, 2.05) is 42.5 Å². The zero-order valence-electron chi connectivity index (χ0n) is 12.2. The van der Waals surface area contributed by atoms with Gasteiger partial charge in [-0.15, -0.1) is 0 Å². The zero-order chi connectivity index (χ0) is 14.7. The van der Waals surface area contributed by atoms with Crippen LogP contribution in [0.2, 0.25) is 0 Å². The van der Waals surface area contributed by atoms with Crippen LogP contribution in [0.4, 0.5) is 11.4 Å². The zero-order valence-corrected chi connectivity index (χ0v) is 12.2. The molecule has 0 aromatic heterocycles. The second kappa shape index (κ2) is 6.00. The molecule has 0 radical (unpaired) electrons. The van der Waals surface area contributed by atoms with Crippen molar-refractivity contribution in [2.75, 3.05) is 10.6 Å². The summed E-state index contributed by atoms with van der Waals surface area (Å²) >= 11 is 0. The summed E-state index contributed by atoms with van der Waals surface area (Å²) in [5.74, 6) is 0.384. The minimum absolute atomic E-state index is 0.147. The third-order valence-electron chi connectivity index (χ3n) is 3.78. The molecule has 1 fully saturated rings. The molecule has 2 aromatic rings. The number of carbonyl (C=O) groups excluding carboxylic acids is 1. The molecular weight excluding hydrogens is 260 g/mol. The molecule has 2 N–H and O–H groups in total. The fourth-order valence-corrected chi connectivity index (χ4v) is 2.31. The predicted octanol–water partition coefficient (Wildman–Crippen LogP) is 4.21. The molecule has 1 aliphatic carbocycles. The third kappa shape index (κ3) is 3.63. The highest BCUT2D eigenvalue weighted by Crippen LogP contribution is 2.30. The van der Waals surface area contributed by atoms with E-state index in [2.05, 4.69) is 29.7 Å². The summed E-state index contributed by atoms with van der Waals surface area (Å²) in [6, 6.07) is 18.5. The molecule has 0 aliphatic heterocycles. The maximum absolute atomic E-state index is 11.7. The Morgan fingerprint density at radius 1 is 1.00 bits per heavy atom. The monoisotopic (exact) mass is 280 g/mol. The average Bonchev–Trinajstić information content (AvgIpc) is 3.35. The summed E-state index contributed by atoms with van der Waals surface area (Å²) in [6.07, 6.45) is 2.06. The van der Waals surface area contributed by atoms with Gasteiger partial charge in [0.2, 0.25) is 5.91 Å². The van der Waals surface area contributed by atoms with Crippen LogP contribution in [-0.2, 0) is 4.79 Å². The van der Waals surface area contributed by atoms with Gasteiger partial charge in [0.05, 0.1) is 0 Å². The summed E-state index contributed by atoms with van der Waals surface area (Å²) in [5, 5.41) is 6.41. The summed E-state index contributed by atoms with van der Waals surface area (Å²) in [4.78, 5) is 11.7. The van der Waals surface area contributed by atoms with Gasteiger partial charge < -0.3 is 10.6 Å². The molecule has 1 unspecified atom stereocenters. The Balaban J connectivity index is 1.60. The average molecular weight is 280 g/mol. The summed E-state index contributed by atoms with van der Waals surface area (Å²) in [6.45, 7) is 2.14. The van der Waals surface area contributed by atoms with Gasteiger partial charge in [-0.05, 0) is 49.6 Å². The van der Waals surface area contributed by atoms with Gasteiger partial charge in [-0.2, -0.15) is 0 Å². The molecule has 0 saturated heterocycles. The maximum Gasteiger partial charge on any atom is 0.227 e. The van der Waals surface area contributed by atoms with Crippen LogP contribution in [0.15, 0.2) is 54.6 Å². The highest BCUT2D eigenvalue weighted by Gasteiger charge is 2.29. The normalized spacial score (nSPS) is 15.3. The molecule has 0 spiro atoms. The Labute approximate surface area is 125 Å².